The van der Waals surface area contributed by atoms with E-state index in [0.29, 0.717) is 10.9 Å². The van der Waals surface area contributed by atoms with Crippen molar-refractivity contribution in [2.24, 2.45) is 0 Å². The van der Waals surface area contributed by atoms with Gasteiger partial charge >= 0.3 is 0 Å². The maximum absolute atomic E-state index is 11.5. The summed E-state index contributed by atoms with van der Waals surface area (Å²) < 4.78 is 0. The van der Waals surface area contributed by atoms with E-state index in [-0.39, 0.29) is 5.56 Å². The molecule has 0 aliphatic rings. The molecule has 2 N–H and O–H groups in total. The first-order valence-electron chi connectivity index (χ1n) is 6.65. The van der Waals surface area contributed by atoms with Crippen molar-refractivity contribution >= 4 is 11.8 Å². The van der Waals surface area contributed by atoms with Crippen molar-refractivity contribution in [2.75, 3.05) is 5.75 Å². The topological polar surface area (TPSA) is 66.0 Å². The number of hydrogen-bond acceptors (Lipinski definition) is 4. The van der Waals surface area contributed by atoms with E-state index in [1.807, 2.05) is 30.3 Å². The molecule has 2 rings (SSSR count). The number of nitrogens with zero attached hydrogens (tertiary/aromatic N) is 1. The molecule has 0 spiro atoms. The van der Waals surface area contributed by atoms with E-state index < -0.39 is 6.10 Å². The molecule has 1 aromatic heterocycles. The van der Waals surface area contributed by atoms with Crippen molar-refractivity contribution in [3.63, 3.8) is 0 Å². The molecule has 0 aliphatic carbocycles. The van der Waals surface area contributed by atoms with E-state index in [1.165, 1.54) is 17.8 Å². The van der Waals surface area contributed by atoms with Crippen LogP contribution in [-0.4, -0.2) is 20.8 Å². The molecular formula is C15H18N2O2S. The molecule has 0 amide bonds. The molecule has 0 aliphatic heterocycles. The molecule has 1 unspecified atom stereocenters. The standard InChI is InChI=1S/C15H18N2O2S/c1-2-6-12-9-14(19)17-15(16-12)20-10-13(18)11-7-4-3-5-8-11/h3-5,7-9,13,18H,2,6,10H2,1H3,(H,16,17,19). The fraction of sp³-hybridized carbons (Fsp3) is 0.333. The summed E-state index contributed by atoms with van der Waals surface area (Å²) in [6.07, 6.45) is 1.17. The third kappa shape index (κ3) is 4.21. The van der Waals surface area contributed by atoms with Gasteiger partial charge in [0.1, 0.15) is 0 Å². The normalized spacial score (nSPS) is 12.3. The lowest BCUT2D eigenvalue weighted by Crippen LogP contribution is -2.11. The molecule has 1 heterocycles. The molecule has 0 fully saturated rings. The summed E-state index contributed by atoms with van der Waals surface area (Å²) in [5.41, 5.74) is 1.53. The first-order valence-corrected chi connectivity index (χ1v) is 7.63. The predicted molar refractivity (Wildman–Crippen MR) is 81.0 cm³/mol. The second-order valence-electron chi connectivity index (χ2n) is 4.53. The SMILES string of the molecule is CCCc1cc(=O)[nH]c(SCC(O)c2ccccc2)n1. The minimum absolute atomic E-state index is 0.139. The van der Waals surface area contributed by atoms with E-state index in [0.717, 1.165) is 24.1 Å². The number of benzene rings is 1. The van der Waals surface area contributed by atoms with Gasteiger partial charge in [-0.1, -0.05) is 55.4 Å². The number of H-pyrrole nitrogens is 1. The van der Waals surface area contributed by atoms with E-state index in [2.05, 4.69) is 16.9 Å². The lowest BCUT2D eigenvalue weighted by atomic mass is 10.1. The van der Waals surface area contributed by atoms with Gasteiger partial charge in [0.05, 0.1) is 6.10 Å². The van der Waals surface area contributed by atoms with Crippen molar-refractivity contribution < 1.29 is 5.11 Å². The third-order valence-electron chi connectivity index (χ3n) is 2.84. The Bertz CT molecular complexity index is 598. The van der Waals surface area contributed by atoms with Crippen molar-refractivity contribution in [3.8, 4) is 0 Å². The second kappa shape index (κ2) is 7.26. The molecule has 4 nitrogen and oxygen atoms in total. The maximum atomic E-state index is 11.5. The zero-order chi connectivity index (χ0) is 14.4. The monoisotopic (exact) mass is 290 g/mol. The Balaban J connectivity index is 2.02. The molecule has 1 aromatic carbocycles. The lowest BCUT2D eigenvalue weighted by molar-refractivity contribution is 0.204. The number of hydrogen-bond donors (Lipinski definition) is 2. The van der Waals surface area contributed by atoms with Gasteiger partial charge in [-0.3, -0.25) is 4.79 Å². The first-order chi connectivity index (χ1) is 9.69. The van der Waals surface area contributed by atoms with Crippen molar-refractivity contribution in [3.05, 3.63) is 58.0 Å². The zero-order valence-corrected chi connectivity index (χ0v) is 12.2. The molecule has 1 atom stereocenters. The van der Waals surface area contributed by atoms with E-state index in [4.69, 9.17) is 0 Å². The smallest absolute Gasteiger partial charge is 0.251 e. The highest BCUT2D eigenvalue weighted by Crippen LogP contribution is 2.21. The van der Waals surface area contributed by atoms with Crippen molar-refractivity contribution in [1.82, 2.24) is 9.97 Å². The molecule has 106 valence electrons. The highest BCUT2D eigenvalue weighted by Gasteiger charge is 2.09. The van der Waals surface area contributed by atoms with Gasteiger partial charge in [0.2, 0.25) is 0 Å². The fourth-order valence-electron chi connectivity index (χ4n) is 1.87. The molecule has 20 heavy (non-hydrogen) atoms. The summed E-state index contributed by atoms with van der Waals surface area (Å²) in [5.74, 6) is 0.461. The van der Waals surface area contributed by atoms with Gasteiger partial charge in [-0.25, -0.2) is 4.98 Å². The van der Waals surface area contributed by atoms with Crippen LogP contribution in [0, 0.1) is 0 Å². The van der Waals surface area contributed by atoms with Crippen LogP contribution < -0.4 is 5.56 Å². The quantitative estimate of drug-likeness (QED) is 0.634. The Morgan fingerprint density at radius 3 is 2.80 bits per heavy atom. The lowest BCUT2D eigenvalue weighted by Gasteiger charge is -2.10. The zero-order valence-electron chi connectivity index (χ0n) is 11.4. The summed E-state index contributed by atoms with van der Waals surface area (Å²) in [7, 11) is 0. The van der Waals surface area contributed by atoms with Crippen LogP contribution in [0.15, 0.2) is 46.3 Å². The Morgan fingerprint density at radius 1 is 1.35 bits per heavy atom. The predicted octanol–water partition coefficient (Wildman–Crippen LogP) is 2.55. The van der Waals surface area contributed by atoms with E-state index >= 15 is 0 Å². The van der Waals surface area contributed by atoms with Crippen LogP contribution in [0.4, 0.5) is 0 Å². The number of thioether (sulfide) groups is 1. The minimum atomic E-state index is -0.568. The van der Waals surface area contributed by atoms with Crippen LogP contribution in [0.2, 0.25) is 0 Å². The molecule has 0 bridgehead atoms. The average Bonchev–Trinajstić information content (AvgIpc) is 2.45. The number of aliphatic hydroxyl groups excluding tert-OH is 1. The molecule has 0 saturated carbocycles. The van der Waals surface area contributed by atoms with Crippen molar-refractivity contribution in [2.45, 2.75) is 31.0 Å². The fourth-order valence-corrected chi connectivity index (χ4v) is 2.73. The number of aromatic nitrogens is 2. The highest BCUT2D eigenvalue weighted by atomic mass is 32.2. The molecule has 0 radical (unpaired) electrons. The van der Waals surface area contributed by atoms with Crippen LogP contribution in [0.3, 0.4) is 0 Å². The van der Waals surface area contributed by atoms with Gasteiger partial charge in [-0.15, -0.1) is 0 Å². The van der Waals surface area contributed by atoms with Crippen LogP contribution in [-0.2, 0) is 6.42 Å². The van der Waals surface area contributed by atoms with E-state index in [1.54, 1.807) is 0 Å². The van der Waals surface area contributed by atoms with Crippen LogP contribution >= 0.6 is 11.8 Å². The summed E-state index contributed by atoms with van der Waals surface area (Å²) in [5, 5.41) is 10.6. The minimum Gasteiger partial charge on any atom is -0.388 e. The van der Waals surface area contributed by atoms with Gasteiger partial charge in [0.15, 0.2) is 5.16 Å². The average molecular weight is 290 g/mol. The molecule has 5 heteroatoms. The summed E-state index contributed by atoms with van der Waals surface area (Å²) in [4.78, 5) is 18.6. The molecule has 2 aromatic rings. The summed E-state index contributed by atoms with van der Waals surface area (Å²) in [6, 6.07) is 11.0. The number of aliphatic hydroxyl groups is 1. The number of aryl methyl sites for hydroxylation is 1. The molecular weight excluding hydrogens is 272 g/mol. The Hall–Kier alpha value is -1.59. The van der Waals surface area contributed by atoms with Gasteiger partial charge < -0.3 is 10.1 Å². The number of nitrogens with one attached hydrogen (secondary N) is 1. The van der Waals surface area contributed by atoms with Crippen LogP contribution in [0.1, 0.15) is 30.7 Å². The van der Waals surface area contributed by atoms with Gasteiger partial charge in [-0.05, 0) is 12.0 Å². The second-order valence-corrected chi connectivity index (χ2v) is 5.54. The van der Waals surface area contributed by atoms with E-state index in [9.17, 15) is 9.90 Å². The largest absolute Gasteiger partial charge is 0.388 e. The summed E-state index contributed by atoms with van der Waals surface area (Å²) >= 11 is 1.36. The van der Waals surface area contributed by atoms with Crippen LogP contribution in [0.25, 0.3) is 0 Å². The Labute approximate surface area is 122 Å². The van der Waals surface area contributed by atoms with Crippen LogP contribution in [0.5, 0.6) is 0 Å². The maximum Gasteiger partial charge on any atom is 0.251 e. The number of rotatable bonds is 6. The van der Waals surface area contributed by atoms with Gasteiger partial charge in [-0.2, -0.15) is 0 Å². The third-order valence-corrected chi connectivity index (χ3v) is 3.79. The molecule has 0 saturated heterocycles. The van der Waals surface area contributed by atoms with Gasteiger partial charge in [0.25, 0.3) is 5.56 Å². The Kier molecular flexibility index (Phi) is 5.38. The summed E-state index contributed by atoms with van der Waals surface area (Å²) in [6.45, 7) is 2.05. The highest BCUT2D eigenvalue weighted by molar-refractivity contribution is 7.99. The number of aromatic amines is 1. The Morgan fingerprint density at radius 2 is 2.10 bits per heavy atom. The van der Waals surface area contributed by atoms with Gasteiger partial charge in [0, 0.05) is 17.5 Å². The first kappa shape index (κ1) is 14.8. The van der Waals surface area contributed by atoms with Crippen molar-refractivity contribution in [1.29, 1.82) is 0 Å².